The molecule has 0 saturated carbocycles. The van der Waals surface area contributed by atoms with Gasteiger partial charge in [0.2, 0.25) is 11.8 Å². The third-order valence-electron chi connectivity index (χ3n) is 4.66. The van der Waals surface area contributed by atoms with Gasteiger partial charge in [0.1, 0.15) is 16.4 Å². The molecule has 1 aliphatic heterocycles. The molecular weight excluding hydrogens is 410 g/mol. The Morgan fingerprint density at radius 2 is 2.07 bits per heavy atom. The third kappa shape index (κ3) is 4.38. The van der Waals surface area contributed by atoms with Gasteiger partial charge in [-0.2, -0.15) is 0 Å². The van der Waals surface area contributed by atoms with Gasteiger partial charge in [0.25, 0.3) is 0 Å². The Morgan fingerprint density at radius 1 is 1.30 bits per heavy atom. The zero-order chi connectivity index (χ0) is 21.8. The molecule has 1 aromatic carbocycles. The van der Waals surface area contributed by atoms with Gasteiger partial charge in [0, 0.05) is 19.0 Å². The molecule has 3 rings (SSSR count). The number of anilines is 2. The van der Waals surface area contributed by atoms with Gasteiger partial charge in [0.15, 0.2) is 5.13 Å². The highest BCUT2D eigenvalue weighted by Crippen LogP contribution is 2.36. The summed E-state index contributed by atoms with van der Waals surface area (Å²) < 4.78 is 15.6. The van der Waals surface area contributed by atoms with E-state index >= 15 is 0 Å². The molecule has 1 aromatic heterocycles. The lowest BCUT2D eigenvalue weighted by molar-refractivity contribution is -0.122. The number of carbonyl (C=O) groups excluding carboxylic acids is 3. The van der Waals surface area contributed by atoms with Crippen molar-refractivity contribution in [3.05, 3.63) is 28.8 Å². The highest BCUT2D eigenvalue weighted by atomic mass is 32.1. The minimum absolute atomic E-state index is 0.0568. The third-order valence-corrected chi connectivity index (χ3v) is 5.71. The van der Waals surface area contributed by atoms with Gasteiger partial charge in [0.05, 0.1) is 38.1 Å². The molecule has 0 radical (unpaired) electrons. The molecule has 1 aliphatic rings. The number of ether oxygens (including phenoxy) is 3. The number of aryl methyl sites for hydroxylation is 1. The molecule has 0 bridgehead atoms. The Bertz CT molecular complexity index is 973. The van der Waals surface area contributed by atoms with Crippen LogP contribution < -0.4 is 19.7 Å². The van der Waals surface area contributed by atoms with Gasteiger partial charge in [-0.1, -0.05) is 11.3 Å². The fourth-order valence-corrected chi connectivity index (χ4v) is 4.03. The Hall–Kier alpha value is -3.14. The van der Waals surface area contributed by atoms with Crippen molar-refractivity contribution in [3.8, 4) is 11.5 Å². The van der Waals surface area contributed by atoms with E-state index in [-0.39, 0.29) is 31.4 Å². The average Bonchev–Trinajstić information content (AvgIpc) is 3.30. The van der Waals surface area contributed by atoms with Gasteiger partial charge in [-0.25, -0.2) is 9.78 Å². The van der Waals surface area contributed by atoms with Crippen molar-refractivity contribution in [2.45, 2.75) is 20.3 Å². The number of nitrogens with zero attached hydrogens (tertiary/aromatic N) is 2. The molecule has 1 atom stereocenters. The fourth-order valence-electron chi connectivity index (χ4n) is 3.17. The highest BCUT2D eigenvalue weighted by Gasteiger charge is 2.37. The van der Waals surface area contributed by atoms with Crippen LogP contribution in [0.2, 0.25) is 0 Å². The zero-order valence-corrected chi connectivity index (χ0v) is 18.0. The Balaban J connectivity index is 1.73. The fraction of sp³-hybridized carbons (Fsp3) is 0.400. The van der Waals surface area contributed by atoms with Crippen LogP contribution in [0.25, 0.3) is 0 Å². The summed E-state index contributed by atoms with van der Waals surface area (Å²) in [6.07, 6.45) is 0.0568. The smallest absolute Gasteiger partial charge is 0.350 e. The number of carbonyl (C=O) groups is 3. The van der Waals surface area contributed by atoms with Crippen LogP contribution in [0, 0.1) is 12.8 Å². The van der Waals surface area contributed by atoms with Crippen LogP contribution in [0.15, 0.2) is 18.2 Å². The first-order valence-electron chi connectivity index (χ1n) is 9.35. The molecule has 2 amide bonds. The number of rotatable bonds is 7. The van der Waals surface area contributed by atoms with Crippen molar-refractivity contribution in [1.82, 2.24) is 4.98 Å². The quantitative estimate of drug-likeness (QED) is 0.669. The monoisotopic (exact) mass is 433 g/mol. The number of hydrogen-bond donors (Lipinski definition) is 1. The SMILES string of the molecule is CCOC(=O)c1sc(NC(=O)C2CC(=O)N(c3cc(OC)ccc3OC)C2)nc1C. The van der Waals surface area contributed by atoms with E-state index < -0.39 is 11.9 Å². The van der Waals surface area contributed by atoms with E-state index in [1.54, 1.807) is 32.0 Å². The maximum atomic E-state index is 12.7. The number of methoxy groups -OCH3 is 2. The first kappa shape index (κ1) is 21.6. The summed E-state index contributed by atoms with van der Waals surface area (Å²) in [6.45, 7) is 3.85. The van der Waals surface area contributed by atoms with Crippen molar-refractivity contribution in [1.29, 1.82) is 0 Å². The molecule has 160 valence electrons. The van der Waals surface area contributed by atoms with Crippen LogP contribution in [0.5, 0.6) is 11.5 Å². The Labute approximate surface area is 177 Å². The second-order valence-corrected chi connectivity index (χ2v) is 7.59. The molecule has 9 nitrogen and oxygen atoms in total. The van der Waals surface area contributed by atoms with E-state index in [2.05, 4.69) is 10.3 Å². The van der Waals surface area contributed by atoms with Crippen LogP contribution in [0.4, 0.5) is 10.8 Å². The van der Waals surface area contributed by atoms with E-state index in [1.807, 2.05) is 0 Å². The van der Waals surface area contributed by atoms with E-state index in [0.29, 0.717) is 32.9 Å². The Morgan fingerprint density at radius 3 is 2.73 bits per heavy atom. The Kier molecular flexibility index (Phi) is 6.56. The molecule has 1 N–H and O–H groups in total. The molecule has 1 saturated heterocycles. The minimum atomic E-state index is -0.566. The standard InChI is InChI=1S/C20H23N3O6S/c1-5-29-19(26)17-11(2)21-20(30-17)22-18(25)12-8-16(24)23(10-12)14-9-13(27-3)6-7-15(14)28-4/h6-7,9,12H,5,8,10H2,1-4H3,(H,21,22,25). The van der Waals surface area contributed by atoms with E-state index in [1.165, 1.54) is 19.1 Å². The first-order valence-corrected chi connectivity index (χ1v) is 10.2. The summed E-state index contributed by atoms with van der Waals surface area (Å²) in [5, 5.41) is 3.01. The second kappa shape index (κ2) is 9.12. The summed E-state index contributed by atoms with van der Waals surface area (Å²) in [5.74, 6) is -0.471. The summed E-state index contributed by atoms with van der Waals surface area (Å²) in [4.78, 5) is 43.4. The predicted octanol–water partition coefficient (Wildman–Crippen LogP) is 2.64. The predicted molar refractivity (Wildman–Crippen MR) is 111 cm³/mol. The van der Waals surface area contributed by atoms with Gasteiger partial charge >= 0.3 is 5.97 Å². The number of nitrogens with one attached hydrogen (secondary N) is 1. The highest BCUT2D eigenvalue weighted by molar-refractivity contribution is 7.17. The number of benzene rings is 1. The van der Waals surface area contributed by atoms with E-state index in [4.69, 9.17) is 14.2 Å². The molecule has 2 aromatic rings. The summed E-state index contributed by atoms with van der Waals surface area (Å²) in [6, 6.07) is 5.15. The lowest BCUT2D eigenvalue weighted by Gasteiger charge is -2.20. The lowest BCUT2D eigenvalue weighted by atomic mass is 10.1. The number of esters is 1. The molecule has 1 unspecified atom stereocenters. The van der Waals surface area contributed by atoms with Crippen LogP contribution in [-0.2, 0) is 14.3 Å². The van der Waals surface area contributed by atoms with E-state index in [0.717, 1.165) is 11.3 Å². The first-order chi connectivity index (χ1) is 14.4. The number of hydrogen-bond acceptors (Lipinski definition) is 8. The topological polar surface area (TPSA) is 107 Å². The number of aromatic nitrogens is 1. The summed E-state index contributed by atoms with van der Waals surface area (Å²) in [7, 11) is 3.05. The number of thiazole rings is 1. The molecule has 0 spiro atoms. The van der Waals surface area contributed by atoms with Crippen molar-refractivity contribution in [2.75, 3.05) is 37.6 Å². The van der Waals surface area contributed by atoms with Gasteiger partial charge in [-0.05, 0) is 26.0 Å². The second-order valence-electron chi connectivity index (χ2n) is 6.59. The van der Waals surface area contributed by atoms with Gasteiger partial charge < -0.3 is 24.4 Å². The lowest BCUT2D eigenvalue weighted by Crippen LogP contribution is -2.28. The van der Waals surface area contributed by atoms with Crippen LogP contribution >= 0.6 is 11.3 Å². The maximum Gasteiger partial charge on any atom is 0.350 e. The number of amides is 2. The van der Waals surface area contributed by atoms with Crippen LogP contribution in [0.3, 0.4) is 0 Å². The largest absolute Gasteiger partial charge is 0.497 e. The van der Waals surface area contributed by atoms with Crippen LogP contribution in [-0.4, -0.2) is 50.1 Å². The van der Waals surface area contributed by atoms with Crippen molar-refractivity contribution < 1.29 is 28.6 Å². The summed E-state index contributed by atoms with van der Waals surface area (Å²) in [5.41, 5.74) is 1.03. The van der Waals surface area contributed by atoms with Crippen molar-refractivity contribution >= 4 is 39.9 Å². The molecule has 30 heavy (non-hydrogen) atoms. The van der Waals surface area contributed by atoms with Gasteiger partial charge in [-0.3, -0.25) is 9.59 Å². The maximum absolute atomic E-state index is 12.7. The average molecular weight is 433 g/mol. The molecule has 0 aliphatic carbocycles. The minimum Gasteiger partial charge on any atom is -0.497 e. The van der Waals surface area contributed by atoms with Crippen LogP contribution in [0.1, 0.15) is 28.7 Å². The zero-order valence-electron chi connectivity index (χ0n) is 17.2. The molecule has 10 heteroatoms. The molecule has 2 heterocycles. The van der Waals surface area contributed by atoms with Gasteiger partial charge in [-0.15, -0.1) is 0 Å². The van der Waals surface area contributed by atoms with Crippen molar-refractivity contribution in [3.63, 3.8) is 0 Å². The summed E-state index contributed by atoms with van der Waals surface area (Å²) >= 11 is 1.05. The molecule has 1 fully saturated rings. The molecular formula is C20H23N3O6S. The van der Waals surface area contributed by atoms with Crippen molar-refractivity contribution in [2.24, 2.45) is 5.92 Å². The van der Waals surface area contributed by atoms with E-state index in [9.17, 15) is 14.4 Å². The normalized spacial score (nSPS) is 15.8.